The maximum absolute atomic E-state index is 13.4. The standard InChI is InChI=1S/C32H28F6N4O3/c1-3-17-15-42-9-7-18(17)14-30(42,24-6-8-39-25-5-4-22(45-2)13-23(24)25)16-40-26-27(29(44)28(26)43)41-21-11-19(31(33,34)35)10-20(12-21)32(36,37)38/h3-6,8,10-13,17-18,40-41H,1,7,9,14-16H2,2H3/t17-,18+,30-/m0/s1. The summed E-state index contributed by atoms with van der Waals surface area (Å²) in [4.78, 5) is 32.1. The fourth-order valence-corrected chi connectivity index (χ4v) is 6.81. The predicted octanol–water partition coefficient (Wildman–Crippen LogP) is 6.46. The SMILES string of the molecule is C=C[C@H]1CN2CC[C@@H]1C[C@]2(CNc1c(Nc2cc(C(F)(F)F)cc(C(F)(F)F)c2)c(=O)c1=O)c1ccnc2ccc(OC)cc12. The van der Waals surface area contributed by atoms with Gasteiger partial charge in [0.05, 0.1) is 29.3 Å². The number of ether oxygens (including phenoxy) is 1. The number of piperidine rings is 3. The second-order valence-electron chi connectivity index (χ2n) is 11.6. The van der Waals surface area contributed by atoms with Gasteiger partial charge in [-0.1, -0.05) is 6.08 Å². The van der Waals surface area contributed by atoms with Crippen LogP contribution in [0.25, 0.3) is 10.9 Å². The lowest BCUT2D eigenvalue weighted by Crippen LogP contribution is -2.62. The number of hydrogen-bond donors (Lipinski definition) is 2. The number of anilines is 3. The minimum atomic E-state index is -5.08. The molecule has 7 rings (SSSR count). The predicted molar refractivity (Wildman–Crippen MR) is 158 cm³/mol. The van der Waals surface area contributed by atoms with Crippen molar-refractivity contribution in [3.63, 3.8) is 0 Å². The molecule has 3 aliphatic rings. The largest absolute Gasteiger partial charge is 0.497 e. The number of nitrogens with one attached hydrogen (secondary N) is 2. The van der Waals surface area contributed by atoms with Crippen molar-refractivity contribution in [2.75, 3.05) is 37.4 Å². The van der Waals surface area contributed by atoms with Crippen molar-refractivity contribution in [2.45, 2.75) is 30.7 Å². The molecule has 0 spiro atoms. The first kappa shape index (κ1) is 30.6. The molecule has 2 N–H and O–H groups in total. The van der Waals surface area contributed by atoms with Gasteiger partial charge >= 0.3 is 12.4 Å². The first-order valence-electron chi connectivity index (χ1n) is 14.2. The van der Waals surface area contributed by atoms with Crippen molar-refractivity contribution < 1.29 is 31.1 Å². The number of alkyl halides is 6. The molecule has 236 valence electrons. The third-order valence-corrected chi connectivity index (χ3v) is 9.09. The van der Waals surface area contributed by atoms with Crippen molar-refractivity contribution in [3.05, 3.63) is 98.5 Å². The summed E-state index contributed by atoms with van der Waals surface area (Å²) >= 11 is 0. The van der Waals surface area contributed by atoms with E-state index in [0.29, 0.717) is 30.8 Å². The van der Waals surface area contributed by atoms with Crippen LogP contribution in [0.3, 0.4) is 0 Å². The molecule has 0 aliphatic carbocycles. The van der Waals surface area contributed by atoms with Gasteiger partial charge in [0.2, 0.25) is 0 Å². The highest BCUT2D eigenvalue weighted by molar-refractivity contribution is 5.85. The van der Waals surface area contributed by atoms with Gasteiger partial charge in [-0.2, -0.15) is 26.3 Å². The van der Waals surface area contributed by atoms with Crippen molar-refractivity contribution in [2.24, 2.45) is 11.8 Å². The minimum absolute atomic E-state index is 0.00661. The van der Waals surface area contributed by atoms with Crippen LogP contribution < -0.4 is 26.2 Å². The molecule has 2 bridgehead atoms. The van der Waals surface area contributed by atoms with Crippen LogP contribution in [0, 0.1) is 11.8 Å². The lowest BCUT2D eigenvalue weighted by atomic mass is 9.66. The summed E-state index contributed by atoms with van der Waals surface area (Å²) in [6, 6.07) is 8.34. The van der Waals surface area contributed by atoms with Crippen LogP contribution >= 0.6 is 0 Å². The van der Waals surface area contributed by atoms with E-state index >= 15 is 0 Å². The molecule has 4 atom stereocenters. The molecule has 4 aromatic rings. The summed E-state index contributed by atoms with van der Waals surface area (Å²) < 4.78 is 86.1. The molecular formula is C32H28F6N4O3. The Bertz CT molecular complexity index is 1830. The summed E-state index contributed by atoms with van der Waals surface area (Å²) in [5.41, 5.74) is -5.36. The molecule has 0 saturated carbocycles. The number of benzene rings is 2. The van der Waals surface area contributed by atoms with Gasteiger partial charge in [0, 0.05) is 30.4 Å². The van der Waals surface area contributed by atoms with E-state index in [-0.39, 0.29) is 30.1 Å². The van der Waals surface area contributed by atoms with Crippen LogP contribution in [0.5, 0.6) is 5.75 Å². The average molecular weight is 631 g/mol. The van der Waals surface area contributed by atoms with Crippen LogP contribution in [0.15, 0.2) is 70.9 Å². The molecule has 0 radical (unpaired) electrons. The van der Waals surface area contributed by atoms with Gasteiger partial charge < -0.3 is 15.4 Å². The summed E-state index contributed by atoms with van der Waals surface area (Å²) in [5, 5.41) is 6.25. The quantitative estimate of drug-likeness (QED) is 0.132. The third kappa shape index (κ3) is 5.32. The van der Waals surface area contributed by atoms with E-state index < -0.39 is 51.3 Å². The number of fused-ring (bicyclic) bond motifs is 4. The van der Waals surface area contributed by atoms with E-state index in [1.807, 2.05) is 24.3 Å². The fourth-order valence-electron chi connectivity index (χ4n) is 6.81. The normalized spacial score (nSPS) is 23.3. The third-order valence-electron chi connectivity index (χ3n) is 9.09. The first-order chi connectivity index (χ1) is 21.2. The highest BCUT2D eigenvalue weighted by atomic mass is 19.4. The van der Waals surface area contributed by atoms with E-state index in [0.717, 1.165) is 29.4 Å². The molecular weight excluding hydrogens is 602 g/mol. The van der Waals surface area contributed by atoms with Crippen LogP contribution in [0.1, 0.15) is 29.5 Å². The molecule has 7 nitrogen and oxygen atoms in total. The topological polar surface area (TPSA) is 83.6 Å². The van der Waals surface area contributed by atoms with Gasteiger partial charge in [0.25, 0.3) is 10.9 Å². The van der Waals surface area contributed by atoms with Crippen molar-refractivity contribution in [3.8, 4) is 5.75 Å². The van der Waals surface area contributed by atoms with E-state index in [9.17, 15) is 35.9 Å². The van der Waals surface area contributed by atoms with Crippen LogP contribution in [0.2, 0.25) is 0 Å². The maximum Gasteiger partial charge on any atom is 0.416 e. The Hall–Kier alpha value is -4.39. The van der Waals surface area contributed by atoms with Gasteiger partial charge in [-0.15, -0.1) is 6.58 Å². The Morgan fingerprint density at radius 1 is 1.02 bits per heavy atom. The van der Waals surface area contributed by atoms with Crippen LogP contribution in [-0.2, 0) is 17.9 Å². The number of methoxy groups -OCH3 is 1. The minimum Gasteiger partial charge on any atom is -0.497 e. The number of pyridine rings is 1. The average Bonchev–Trinajstić information content (AvgIpc) is 3.02. The first-order valence-corrected chi connectivity index (χ1v) is 14.2. The second-order valence-corrected chi connectivity index (χ2v) is 11.6. The van der Waals surface area contributed by atoms with Crippen molar-refractivity contribution in [1.29, 1.82) is 0 Å². The lowest BCUT2D eigenvalue weighted by Gasteiger charge is -2.57. The Kier molecular flexibility index (Phi) is 7.42. The van der Waals surface area contributed by atoms with Gasteiger partial charge in [-0.05, 0) is 79.3 Å². The van der Waals surface area contributed by atoms with Gasteiger partial charge in [0.15, 0.2) is 0 Å². The number of rotatable bonds is 8. The van der Waals surface area contributed by atoms with Gasteiger partial charge in [-0.25, -0.2) is 0 Å². The monoisotopic (exact) mass is 630 g/mol. The Labute approximate surface area is 253 Å². The Morgan fingerprint density at radius 3 is 2.31 bits per heavy atom. The summed E-state index contributed by atoms with van der Waals surface area (Å²) in [5.74, 6) is 1.12. The Morgan fingerprint density at radius 2 is 1.71 bits per heavy atom. The molecule has 1 unspecified atom stereocenters. The molecule has 45 heavy (non-hydrogen) atoms. The molecule has 0 amide bonds. The molecule has 3 saturated heterocycles. The van der Waals surface area contributed by atoms with E-state index in [4.69, 9.17) is 4.74 Å². The Balaban J connectivity index is 1.39. The van der Waals surface area contributed by atoms with Gasteiger partial charge in [-0.3, -0.25) is 19.5 Å². The zero-order valence-corrected chi connectivity index (χ0v) is 24.0. The highest BCUT2D eigenvalue weighted by Crippen LogP contribution is 2.50. The maximum atomic E-state index is 13.4. The summed E-state index contributed by atoms with van der Waals surface area (Å²) in [7, 11) is 1.55. The number of aromatic nitrogens is 1. The second kappa shape index (κ2) is 10.9. The van der Waals surface area contributed by atoms with Crippen LogP contribution in [-0.4, -0.2) is 36.6 Å². The molecule has 1 aromatic heterocycles. The summed E-state index contributed by atoms with van der Waals surface area (Å²) in [6.45, 7) is 5.55. The zero-order valence-electron chi connectivity index (χ0n) is 24.0. The zero-order chi connectivity index (χ0) is 32.3. The number of hydrogen-bond acceptors (Lipinski definition) is 7. The summed E-state index contributed by atoms with van der Waals surface area (Å²) in [6.07, 6.45) is -4.94. The smallest absolute Gasteiger partial charge is 0.416 e. The molecule has 3 aromatic carbocycles. The lowest BCUT2D eigenvalue weighted by molar-refractivity contribution is -0.143. The molecule has 3 aliphatic heterocycles. The van der Waals surface area contributed by atoms with Crippen molar-refractivity contribution in [1.82, 2.24) is 9.88 Å². The number of halogens is 6. The molecule has 3 fully saturated rings. The van der Waals surface area contributed by atoms with Gasteiger partial charge in [0.1, 0.15) is 17.1 Å². The molecule has 4 heterocycles. The van der Waals surface area contributed by atoms with Crippen LogP contribution in [0.4, 0.5) is 43.4 Å². The van der Waals surface area contributed by atoms with E-state index in [1.54, 1.807) is 19.4 Å². The highest BCUT2D eigenvalue weighted by Gasteiger charge is 2.51. The van der Waals surface area contributed by atoms with E-state index in [1.165, 1.54) is 0 Å². The van der Waals surface area contributed by atoms with E-state index in [2.05, 4.69) is 27.1 Å². The molecule has 13 heteroatoms. The number of nitrogens with zero attached hydrogens (tertiary/aromatic N) is 2. The fraction of sp³-hybridized carbons (Fsp3) is 0.344. The van der Waals surface area contributed by atoms with Crippen molar-refractivity contribution >= 4 is 28.0 Å².